The van der Waals surface area contributed by atoms with Gasteiger partial charge < -0.3 is 15.3 Å². The standard InChI is InChI=1S/C30H28ClN3OS/c31-24-11-8-22(9-12-24)30(35,29-32-15-16-36-29)23-10-14-26-27(18-23)34(28(33-26)20-5-6-20)25-13-7-19-3-1-2-4-21(19)17-25/h1-4,8-12,14-16,18,20,25,28,33,35H,5-7,13,17H2. The van der Waals surface area contributed by atoms with Crippen LogP contribution in [0.5, 0.6) is 0 Å². The molecule has 3 aliphatic rings. The van der Waals surface area contributed by atoms with E-state index in [0.717, 1.165) is 36.1 Å². The molecular formula is C30H28ClN3OS. The van der Waals surface area contributed by atoms with E-state index in [1.165, 1.54) is 41.0 Å². The molecule has 7 rings (SSSR count). The highest BCUT2D eigenvalue weighted by atomic mass is 35.5. The molecule has 4 nitrogen and oxygen atoms in total. The quantitative estimate of drug-likeness (QED) is 0.315. The zero-order chi connectivity index (χ0) is 24.3. The average molecular weight is 514 g/mol. The van der Waals surface area contributed by atoms with Gasteiger partial charge in [0.05, 0.1) is 11.4 Å². The summed E-state index contributed by atoms with van der Waals surface area (Å²) in [5, 5.41) is 19.4. The lowest BCUT2D eigenvalue weighted by Gasteiger charge is -2.38. The molecule has 0 saturated heterocycles. The molecule has 4 aromatic rings. The van der Waals surface area contributed by atoms with Gasteiger partial charge in [-0.3, -0.25) is 0 Å². The zero-order valence-electron chi connectivity index (χ0n) is 19.9. The highest BCUT2D eigenvalue weighted by molar-refractivity contribution is 7.09. The number of halogens is 1. The van der Waals surface area contributed by atoms with Gasteiger partial charge in [-0.25, -0.2) is 4.98 Å². The highest BCUT2D eigenvalue weighted by Crippen LogP contribution is 2.49. The first-order valence-corrected chi connectivity index (χ1v) is 14.0. The van der Waals surface area contributed by atoms with E-state index in [4.69, 9.17) is 11.6 Å². The molecule has 36 heavy (non-hydrogen) atoms. The van der Waals surface area contributed by atoms with Gasteiger partial charge in [-0.05, 0) is 84.5 Å². The Bertz CT molecular complexity index is 1400. The van der Waals surface area contributed by atoms with E-state index >= 15 is 0 Å². The Balaban J connectivity index is 1.33. The van der Waals surface area contributed by atoms with Crippen molar-refractivity contribution in [3.8, 4) is 0 Å². The van der Waals surface area contributed by atoms with Crippen molar-refractivity contribution in [2.24, 2.45) is 5.92 Å². The number of nitrogens with zero attached hydrogens (tertiary/aromatic N) is 2. The van der Waals surface area contributed by atoms with E-state index in [0.29, 0.717) is 28.2 Å². The number of thiazole rings is 1. The van der Waals surface area contributed by atoms with E-state index in [1.54, 1.807) is 6.20 Å². The summed E-state index contributed by atoms with van der Waals surface area (Å²) in [6, 6.07) is 23.2. The first-order chi connectivity index (χ1) is 17.6. The normalized spacial score (nSPS) is 22.4. The van der Waals surface area contributed by atoms with Gasteiger partial charge >= 0.3 is 0 Å². The summed E-state index contributed by atoms with van der Waals surface area (Å²) in [4.78, 5) is 7.19. The molecule has 1 fully saturated rings. The van der Waals surface area contributed by atoms with E-state index in [-0.39, 0.29) is 0 Å². The Kier molecular flexibility index (Phi) is 5.35. The second-order valence-corrected chi connectivity index (χ2v) is 11.6. The predicted molar refractivity (Wildman–Crippen MR) is 147 cm³/mol. The smallest absolute Gasteiger partial charge is 0.166 e. The number of aliphatic hydroxyl groups is 1. The van der Waals surface area contributed by atoms with Crippen molar-refractivity contribution < 1.29 is 5.11 Å². The topological polar surface area (TPSA) is 48.4 Å². The first-order valence-electron chi connectivity index (χ1n) is 12.8. The van der Waals surface area contributed by atoms with Crippen LogP contribution in [0, 0.1) is 5.92 Å². The molecule has 2 N–H and O–H groups in total. The summed E-state index contributed by atoms with van der Waals surface area (Å²) in [5.41, 5.74) is 5.55. The Morgan fingerprint density at radius 1 is 0.972 bits per heavy atom. The van der Waals surface area contributed by atoms with E-state index in [2.05, 4.69) is 51.6 Å². The molecule has 3 atom stereocenters. The molecule has 0 spiro atoms. The molecule has 1 saturated carbocycles. The van der Waals surface area contributed by atoms with Crippen LogP contribution in [0.1, 0.15) is 46.5 Å². The summed E-state index contributed by atoms with van der Waals surface area (Å²) in [6.45, 7) is 0. The summed E-state index contributed by atoms with van der Waals surface area (Å²) in [6.07, 6.45) is 7.91. The largest absolute Gasteiger partial charge is 0.374 e. The van der Waals surface area contributed by atoms with Gasteiger partial charge in [0.25, 0.3) is 0 Å². The van der Waals surface area contributed by atoms with E-state index in [1.807, 2.05) is 35.7 Å². The number of aryl methyl sites for hydroxylation is 1. The SMILES string of the molecule is OC(c1ccc(Cl)cc1)(c1ccc2c(c1)N(C1CCc3ccccc3C1)C(C1CC1)N2)c1nccs1. The van der Waals surface area contributed by atoms with E-state index < -0.39 is 5.60 Å². The van der Waals surface area contributed by atoms with Crippen LogP contribution in [0.15, 0.2) is 78.3 Å². The Hall–Kier alpha value is -2.86. The monoisotopic (exact) mass is 513 g/mol. The molecular weight excluding hydrogens is 486 g/mol. The molecule has 0 amide bonds. The fourth-order valence-electron chi connectivity index (χ4n) is 6.07. The number of rotatable bonds is 5. The van der Waals surface area contributed by atoms with Crippen molar-refractivity contribution in [2.75, 3.05) is 10.2 Å². The number of benzene rings is 3. The third-order valence-corrected chi connectivity index (χ3v) is 9.22. The maximum Gasteiger partial charge on any atom is 0.166 e. The lowest BCUT2D eigenvalue weighted by Crippen LogP contribution is -2.47. The highest BCUT2D eigenvalue weighted by Gasteiger charge is 2.45. The van der Waals surface area contributed by atoms with Gasteiger partial charge in [-0.15, -0.1) is 11.3 Å². The molecule has 182 valence electrons. The van der Waals surface area contributed by atoms with Crippen molar-refractivity contribution in [1.82, 2.24) is 4.98 Å². The Morgan fingerprint density at radius 3 is 2.50 bits per heavy atom. The van der Waals surface area contributed by atoms with Crippen molar-refractivity contribution in [3.63, 3.8) is 0 Å². The fourth-order valence-corrected chi connectivity index (χ4v) is 6.98. The Morgan fingerprint density at radius 2 is 1.75 bits per heavy atom. The van der Waals surface area contributed by atoms with Crippen LogP contribution in [0.4, 0.5) is 11.4 Å². The van der Waals surface area contributed by atoms with Crippen LogP contribution in [0.3, 0.4) is 0 Å². The fraction of sp³-hybridized carbons (Fsp3) is 0.300. The molecule has 2 heterocycles. The van der Waals surface area contributed by atoms with Crippen LogP contribution in [-0.2, 0) is 18.4 Å². The van der Waals surface area contributed by atoms with Crippen LogP contribution < -0.4 is 10.2 Å². The third kappa shape index (κ3) is 3.64. The molecule has 1 aromatic heterocycles. The number of hydrogen-bond donors (Lipinski definition) is 2. The van der Waals surface area contributed by atoms with Gasteiger partial charge in [0, 0.05) is 22.6 Å². The van der Waals surface area contributed by atoms with Gasteiger partial charge in [0.2, 0.25) is 0 Å². The number of aromatic nitrogens is 1. The second-order valence-electron chi connectivity index (χ2n) is 10.3. The number of fused-ring (bicyclic) bond motifs is 2. The van der Waals surface area contributed by atoms with Crippen LogP contribution in [0.25, 0.3) is 0 Å². The molecule has 0 radical (unpaired) electrons. The summed E-state index contributed by atoms with van der Waals surface area (Å²) < 4.78 is 0. The van der Waals surface area contributed by atoms with Gasteiger partial charge in [-0.1, -0.05) is 54.1 Å². The van der Waals surface area contributed by atoms with Crippen LogP contribution in [0.2, 0.25) is 5.02 Å². The van der Waals surface area contributed by atoms with Crippen molar-refractivity contribution in [2.45, 2.75) is 49.9 Å². The predicted octanol–water partition coefficient (Wildman–Crippen LogP) is 6.61. The Labute approximate surface area is 220 Å². The van der Waals surface area contributed by atoms with Crippen LogP contribution >= 0.6 is 22.9 Å². The third-order valence-electron chi connectivity index (χ3n) is 8.08. The number of anilines is 2. The minimum Gasteiger partial charge on any atom is -0.374 e. The van der Waals surface area contributed by atoms with Gasteiger partial charge in [0.1, 0.15) is 11.2 Å². The molecule has 3 aromatic carbocycles. The number of hydrogen-bond acceptors (Lipinski definition) is 5. The van der Waals surface area contributed by atoms with Gasteiger partial charge in [0.15, 0.2) is 5.60 Å². The van der Waals surface area contributed by atoms with Crippen LogP contribution in [-0.4, -0.2) is 22.3 Å². The molecule has 2 aliphatic carbocycles. The summed E-state index contributed by atoms with van der Waals surface area (Å²) in [7, 11) is 0. The minimum atomic E-state index is -1.35. The average Bonchev–Trinajstić information content (AvgIpc) is 3.46. The maximum absolute atomic E-state index is 12.3. The molecule has 6 heteroatoms. The van der Waals surface area contributed by atoms with Crippen molar-refractivity contribution >= 4 is 34.3 Å². The van der Waals surface area contributed by atoms with Crippen molar-refractivity contribution in [3.05, 3.63) is 111 Å². The van der Waals surface area contributed by atoms with E-state index in [9.17, 15) is 5.11 Å². The minimum absolute atomic E-state index is 0.314. The lowest BCUT2D eigenvalue weighted by atomic mass is 9.85. The second kappa shape index (κ2) is 8.62. The summed E-state index contributed by atoms with van der Waals surface area (Å²) >= 11 is 7.66. The number of nitrogens with one attached hydrogen (secondary N) is 1. The van der Waals surface area contributed by atoms with Gasteiger partial charge in [-0.2, -0.15) is 0 Å². The lowest BCUT2D eigenvalue weighted by molar-refractivity contribution is 0.125. The summed E-state index contributed by atoms with van der Waals surface area (Å²) in [5.74, 6) is 0.673. The molecule has 0 bridgehead atoms. The first kappa shape index (κ1) is 22.3. The maximum atomic E-state index is 12.3. The zero-order valence-corrected chi connectivity index (χ0v) is 21.5. The molecule has 3 unspecified atom stereocenters. The molecule has 1 aliphatic heterocycles. The van der Waals surface area contributed by atoms with Crippen molar-refractivity contribution in [1.29, 1.82) is 0 Å².